The minimum atomic E-state index is -0.275. The first kappa shape index (κ1) is 10.4. The fourth-order valence-corrected chi connectivity index (χ4v) is 2.09. The number of amides is 1. The zero-order chi connectivity index (χ0) is 9.84. The Morgan fingerprint density at radius 1 is 1.54 bits per heavy atom. The summed E-state index contributed by atoms with van der Waals surface area (Å²) in [5.41, 5.74) is 0. The number of ether oxygens (including phenoxy) is 1. The number of hydrogen-bond acceptors (Lipinski definition) is 4. The van der Waals surface area contributed by atoms with Crippen LogP contribution in [0.25, 0.3) is 0 Å². The summed E-state index contributed by atoms with van der Waals surface area (Å²) in [5, 5.41) is 0.371. The van der Waals surface area contributed by atoms with Crippen molar-refractivity contribution >= 4 is 23.0 Å². The van der Waals surface area contributed by atoms with E-state index in [0.29, 0.717) is 19.7 Å². The second kappa shape index (κ2) is 4.50. The van der Waals surface area contributed by atoms with Crippen molar-refractivity contribution in [1.29, 1.82) is 0 Å². The second-order valence-corrected chi connectivity index (χ2v) is 4.31. The Balaban J connectivity index is 2.17. The summed E-state index contributed by atoms with van der Waals surface area (Å²) in [6.07, 6.45) is -0.275. The molecule has 0 atom stereocenters. The van der Waals surface area contributed by atoms with Gasteiger partial charge in [0.25, 0.3) is 0 Å². The van der Waals surface area contributed by atoms with Gasteiger partial charge < -0.3 is 9.64 Å². The molecule has 4 nitrogen and oxygen atoms in total. The molecule has 1 fully saturated rings. The van der Waals surface area contributed by atoms with Gasteiger partial charge in [0.15, 0.2) is 5.12 Å². The van der Waals surface area contributed by atoms with E-state index in [-0.39, 0.29) is 16.5 Å². The van der Waals surface area contributed by atoms with Gasteiger partial charge in [-0.15, -0.1) is 0 Å². The van der Waals surface area contributed by atoms with Gasteiger partial charge in [0, 0.05) is 25.3 Å². The maximum absolute atomic E-state index is 11.1. The van der Waals surface area contributed by atoms with Crippen molar-refractivity contribution in [2.24, 2.45) is 0 Å². The van der Waals surface area contributed by atoms with E-state index in [1.54, 1.807) is 11.8 Å². The molecule has 0 spiro atoms. The van der Waals surface area contributed by atoms with Crippen LogP contribution in [0.1, 0.15) is 13.8 Å². The van der Waals surface area contributed by atoms with Gasteiger partial charge >= 0.3 is 6.09 Å². The highest BCUT2D eigenvalue weighted by Crippen LogP contribution is 2.23. The molecule has 0 bridgehead atoms. The van der Waals surface area contributed by atoms with E-state index in [0.717, 1.165) is 0 Å². The van der Waals surface area contributed by atoms with Crippen LogP contribution in [0.4, 0.5) is 4.79 Å². The van der Waals surface area contributed by atoms with Crippen molar-refractivity contribution in [2.75, 3.05) is 19.7 Å². The Labute approximate surface area is 81.6 Å². The minimum absolute atomic E-state index is 0.105. The highest BCUT2D eigenvalue weighted by Gasteiger charge is 2.32. The first-order valence-electron chi connectivity index (χ1n) is 4.22. The van der Waals surface area contributed by atoms with Crippen LogP contribution in [0, 0.1) is 0 Å². The molecule has 0 N–H and O–H groups in total. The molecule has 0 aromatic carbocycles. The highest BCUT2D eigenvalue weighted by atomic mass is 32.2. The van der Waals surface area contributed by atoms with Gasteiger partial charge in [0.05, 0.1) is 6.61 Å². The van der Waals surface area contributed by atoms with Crippen molar-refractivity contribution in [3.8, 4) is 0 Å². The normalized spacial score (nSPS) is 16.6. The van der Waals surface area contributed by atoms with Gasteiger partial charge in [-0.3, -0.25) is 4.79 Å². The molecule has 1 aliphatic rings. The number of rotatable bonds is 2. The molecule has 74 valence electrons. The van der Waals surface area contributed by atoms with Gasteiger partial charge in [0.1, 0.15) is 0 Å². The first-order valence-corrected chi connectivity index (χ1v) is 5.10. The predicted octanol–water partition coefficient (Wildman–Crippen LogP) is 1.11. The summed E-state index contributed by atoms with van der Waals surface area (Å²) in [6.45, 7) is 4.98. The quantitative estimate of drug-likeness (QED) is 0.674. The Bertz CT molecular complexity index is 213. The number of thioether (sulfide) groups is 1. The lowest BCUT2D eigenvalue weighted by atomic mass is 10.2. The van der Waals surface area contributed by atoms with E-state index >= 15 is 0 Å². The van der Waals surface area contributed by atoms with Gasteiger partial charge in [-0.25, -0.2) is 4.79 Å². The Hall–Kier alpha value is -0.710. The topological polar surface area (TPSA) is 46.6 Å². The molecule has 0 unspecified atom stereocenters. The average Bonchev–Trinajstić information content (AvgIpc) is 1.95. The number of likely N-dealkylation sites (tertiary alicyclic amines) is 1. The summed E-state index contributed by atoms with van der Waals surface area (Å²) in [5.74, 6) is 0. The van der Waals surface area contributed by atoms with Gasteiger partial charge in [-0.1, -0.05) is 11.8 Å². The zero-order valence-electron chi connectivity index (χ0n) is 7.78. The molecular weight excluding hydrogens is 190 g/mol. The zero-order valence-corrected chi connectivity index (χ0v) is 8.60. The molecular formula is C8H13NO3S. The van der Waals surface area contributed by atoms with Crippen LogP contribution in [0.15, 0.2) is 0 Å². The van der Waals surface area contributed by atoms with Gasteiger partial charge in [0.2, 0.25) is 0 Å². The minimum Gasteiger partial charge on any atom is -0.450 e. The summed E-state index contributed by atoms with van der Waals surface area (Å²) < 4.78 is 4.79. The molecule has 0 aromatic rings. The van der Waals surface area contributed by atoms with E-state index in [1.807, 2.05) is 0 Å². The number of carbonyl (C=O) groups is 2. The van der Waals surface area contributed by atoms with Crippen molar-refractivity contribution in [1.82, 2.24) is 4.90 Å². The molecule has 1 rings (SSSR count). The summed E-state index contributed by atoms with van der Waals surface area (Å²) in [6, 6.07) is 0. The van der Waals surface area contributed by atoms with Crippen LogP contribution < -0.4 is 0 Å². The highest BCUT2D eigenvalue weighted by molar-refractivity contribution is 8.14. The second-order valence-electron chi connectivity index (χ2n) is 2.84. The number of nitrogens with zero attached hydrogens (tertiary/aromatic N) is 1. The maximum Gasteiger partial charge on any atom is 0.409 e. The Morgan fingerprint density at radius 2 is 2.15 bits per heavy atom. The van der Waals surface area contributed by atoms with Crippen LogP contribution in [0.3, 0.4) is 0 Å². The third kappa shape index (κ3) is 2.91. The van der Waals surface area contributed by atoms with Gasteiger partial charge in [-0.2, -0.15) is 0 Å². The van der Waals surface area contributed by atoms with Gasteiger partial charge in [-0.05, 0) is 6.92 Å². The summed E-state index contributed by atoms with van der Waals surface area (Å²) in [7, 11) is 0. The van der Waals surface area contributed by atoms with Crippen molar-refractivity contribution in [3.63, 3.8) is 0 Å². The van der Waals surface area contributed by atoms with Crippen LogP contribution in [0.2, 0.25) is 0 Å². The molecule has 0 aliphatic carbocycles. The van der Waals surface area contributed by atoms with Crippen LogP contribution >= 0.6 is 11.8 Å². The molecule has 1 amide bonds. The van der Waals surface area contributed by atoms with E-state index < -0.39 is 0 Å². The van der Waals surface area contributed by atoms with E-state index in [9.17, 15) is 9.59 Å². The van der Waals surface area contributed by atoms with Crippen LogP contribution in [0.5, 0.6) is 0 Å². The Kier molecular flexibility index (Phi) is 3.59. The van der Waals surface area contributed by atoms with Crippen molar-refractivity contribution in [3.05, 3.63) is 0 Å². The van der Waals surface area contributed by atoms with Crippen molar-refractivity contribution < 1.29 is 14.3 Å². The van der Waals surface area contributed by atoms with E-state index in [1.165, 1.54) is 18.7 Å². The molecule has 0 saturated carbocycles. The lowest BCUT2D eigenvalue weighted by molar-refractivity contribution is -0.109. The largest absolute Gasteiger partial charge is 0.450 e. The van der Waals surface area contributed by atoms with Crippen LogP contribution in [-0.2, 0) is 9.53 Å². The molecule has 5 heteroatoms. The van der Waals surface area contributed by atoms with E-state index in [4.69, 9.17) is 4.74 Å². The average molecular weight is 203 g/mol. The standard InChI is InChI=1S/C8H13NO3S/c1-3-12-8(11)9-4-7(5-9)13-6(2)10/h7H,3-5H2,1-2H3. The molecule has 0 radical (unpaired) electrons. The smallest absolute Gasteiger partial charge is 0.409 e. The van der Waals surface area contributed by atoms with Crippen LogP contribution in [-0.4, -0.2) is 41.1 Å². The Morgan fingerprint density at radius 3 is 2.62 bits per heavy atom. The van der Waals surface area contributed by atoms with E-state index in [2.05, 4.69) is 0 Å². The third-order valence-corrected chi connectivity index (χ3v) is 2.67. The molecule has 0 aromatic heterocycles. The lowest BCUT2D eigenvalue weighted by Gasteiger charge is -2.36. The monoisotopic (exact) mass is 203 g/mol. The molecule has 1 heterocycles. The summed E-state index contributed by atoms with van der Waals surface area (Å²) >= 11 is 1.29. The molecule has 13 heavy (non-hydrogen) atoms. The first-order chi connectivity index (χ1) is 6.13. The maximum atomic E-state index is 11.1. The SMILES string of the molecule is CCOC(=O)N1CC(SC(C)=O)C1. The van der Waals surface area contributed by atoms with Crippen molar-refractivity contribution in [2.45, 2.75) is 19.1 Å². The lowest BCUT2D eigenvalue weighted by Crippen LogP contribution is -2.52. The molecule has 1 aliphatic heterocycles. The molecule has 1 saturated heterocycles. The fourth-order valence-electron chi connectivity index (χ4n) is 1.11. The third-order valence-electron chi connectivity index (χ3n) is 1.71. The predicted molar refractivity (Wildman–Crippen MR) is 50.7 cm³/mol. The number of hydrogen-bond donors (Lipinski definition) is 0. The number of carbonyl (C=O) groups excluding carboxylic acids is 2. The fraction of sp³-hybridized carbons (Fsp3) is 0.750. The summed E-state index contributed by atoms with van der Waals surface area (Å²) in [4.78, 5) is 23.3.